The molecule has 5 nitrogen and oxygen atoms in total. The van der Waals surface area contributed by atoms with Crippen molar-refractivity contribution in [1.82, 2.24) is 10.2 Å². The molecule has 0 saturated carbocycles. The van der Waals surface area contributed by atoms with Gasteiger partial charge in [-0.25, -0.2) is 4.79 Å². The van der Waals surface area contributed by atoms with Gasteiger partial charge in [-0.05, 0) is 58.0 Å². The zero-order valence-corrected chi connectivity index (χ0v) is 15.3. The molecule has 0 aliphatic carbocycles. The lowest BCUT2D eigenvalue weighted by molar-refractivity contribution is 0.150. The molecule has 24 heavy (non-hydrogen) atoms. The Bertz CT molecular complexity index is 539. The zero-order chi connectivity index (χ0) is 17.5. The van der Waals surface area contributed by atoms with Crippen molar-refractivity contribution in [2.45, 2.75) is 59.1 Å². The molecule has 0 saturated heterocycles. The van der Waals surface area contributed by atoms with Crippen LogP contribution in [0, 0.1) is 0 Å². The van der Waals surface area contributed by atoms with Crippen molar-refractivity contribution in [1.29, 1.82) is 0 Å². The topological polar surface area (TPSA) is 50.8 Å². The second-order valence-corrected chi connectivity index (χ2v) is 6.70. The summed E-state index contributed by atoms with van der Waals surface area (Å²) >= 11 is 0. The SMILES string of the molecule is CCCN(CCC)CC1Cc2cc(OC(=O)NC(C)C)ccc2O1. The Balaban J connectivity index is 1.93. The van der Waals surface area contributed by atoms with Crippen LogP contribution >= 0.6 is 0 Å². The number of nitrogens with zero attached hydrogens (tertiary/aromatic N) is 1. The molecule has 1 N–H and O–H groups in total. The second kappa shape index (κ2) is 8.92. The molecule has 1 amide bonds. The highest BCUT2D eigenvalue weighted by Gasteiger charge is 2.25. The highest BCUT2D eigenvalue weighted by Crippen LogP contribution is 2.32. The van der Waals surface area contributed by atoms with Crippen molar-refractivity contribution in [3.63, 3.8) is 0 Å². The molecule has 1 aromatic carbocycles. The second-order valence-electron chi connectivity index (χ2n) is 6.70. The van der Waals surface area contributed by atoms with Crippen molar-refractivity contribution in [2.24, 2.45) is 0 Å². The maximum absolute atomic E-state index is 11.7. The summed E-state index contributed by atoms with van der Waals surface area (Å²) in [4.78, 5) is 14.2. The van der Waals surface area contributed by atoms with Gasteiger partial charge in [-0.3, -0.25) is 4.90 Å². The maximum Gasteiger partial charge on any atom is 0.412 e. The molecule has 1 unspecified atom stereocenters. The summed E-state index contributed by atoms with van der Waals surface area (Å²) in [5.41, 5.74) is 1.11. The van der Waals surface area contributed by atoms with Crippen LogP contribution in [0.15, 0.2) is 18.2 Å². The lowest BCUT2D eigenvalue weighted by Gasteiger charge is -2.24. The normalized spacial score (nSPS) is 16.2. The van der Waals surface area contributed by atoms with Crippen molar-refractivity contribution >= 4 is 6.09 Å². The molecule has 1 aromatic rings. The molecule has 1 heterocycles. The number of nitrogens with one attached hydrogen (secondary N) is 1. The molecule has 2 rings (SSSR count). The Hall–Kier alpha value is -1.75. The van der Waals surface area contributed by atoms with Gasteiger partial charge in [-0.15, -0.1) is 0 Å². The molecule has 0 fully saturated rings. The molecule has 0 spiro atoms. The minimum Gasteiger partial charge on any atom is -0.488 e. The lowest BCUT2D eigenvalue weighted by atomic mass is 10.1. The van der Waals surface area contributed by atoms with Crippen LogP contribution in [0.2, 0.25) is 0 Å². The molecule has 0 radical (unpaired) electrons. The molecular formula is C19H30N2O3. The molecule has 0 bridgehead atoms. The van der Waals surface area contributed by atoms with E-state index in [0.717, 1.165) is 50.2 Å². The van der Waals surface area contributed by atoms with E-state index in [9.17, 15) is 4.79 Å². The highest BCUT2D eigenvalue weighted by molar-refractivity contribution is 5.70. The predicted molar refractivity (Wildman–Crippen MR) is 95.9 cm³/mol. The smallest absolute Gasteiger partial charge is 0.412 e. The van der Waals surface area contributed by atoms with Crippen LogP contribution in [0.25, 0.3) is 0 Å². The summed E-state index contributed by atoms with van der Waals surface area (Å²) in [6.45, 7) is 11.4. The monoisotopic (exact) mass is 334 g/mol. The van der Waals surface area contributed by atoms with Crippen molar-refractivity contribution in [3.8, 4) is 11.5 Å². The van der Waals surface area contributed by atoms with Gasteiger partial charge in [0.2, 0.25) is 0 Å². The third-order valence-electron chi connectivity index (χ3n) is 3.93. The van der Waals surface area contributed by atoms with Gasteiger partial charge in [-0.2, -0.15) is 0 Å². The fourth-order valence-electron chi connectivity index (χ4n) is 3.05. The highest BCUT2D eigenvalue weighted by atomic mass is 16.6. The van der Waals surface area contributed by atoms with Crippen LogP contribution in [-0.4, -0.2) is 42.8 Å². The summed E-state index contributed by atoms with van der Waals surface area (Å²) in [6.07, 6.45) is 2.93. The van der Waals surface area contributed by atoms with Crippen LogP contribution in [-0.2, 0) is 6.42 Å². The van der Waals surface area contributed by atoms with Crippen molar-refractivity contribution in [3.05, 3.63) is 23.8 Å². The first-order chi connectivity index (χ1) is 11.5. The Morgan fingerprint density at radius 2 is 2.04 bits per heavy atom. The lowest BCUT2D eigenvalue weighted by Crippen LogP contribution is -2.35. The number of amides is 1. The Morgan fingerprint density at radius 3 is 2.67 bits per heavy atom. The van der Waals surface area contributed by atoms with Gasteiger partial charge in [0.25, 0.3) is 0 Å². The number of benzene rings is 1. The van der Waals surface area contributed by atoms with E-state index in [2.05, 4.69) is 24.1 Å². The Labute approximate surface area is 145 Å². The first-order valence-corrected chi connectivity index (χ1v) is 9.02. The summed E-state index contributed by atoms with van der Waals surface area (Å²) in [5.74, 6) is 1.47. The average Bonchev–Trinajstić information content (AvgIpc) is 2.88. The van der Waals surface area contributed by atoms with Crippen LogP contribution in [0.1, 0.15) is 46.1 Å². The molecule has 5 heteroatoms. The van der Waals surface area contributed by atoms with Crippen LogP contribution in [0.5, 0.6) is 11.5 Å². The summed E-state index contributed by atoms with van der Waals surface area (Å²) in [5, 5.41) is 2.72. The van der Waals surface area contributed by atoms with Gasteiger partial charge in [0.15, 0.2) is 0 Å². The van der Waals surface area contributed by atoms with Gasteiger partial charge in [-0.1, -0.05) is 13.8 Å². The standard InChI is InChI=1S/C19H30N2O3/c1-5-9-21(10-6-2)13-17-12-15-11-16(7-8-18(15)23-17)24-19(22)20-14(3)4/h7-8,11,14,17H,5-6,9-10,12-13H2,1-4H3,(H,20,22). The van der Waals surface area contributed by atoms with Crippen LogP contribution in [0.3, 0.4) is 0 Å². The van der Waals surface area contributed by atoms with E-state index in [1.165, 1.54) is 0 Å². The minimum absolute atomic E-state index is 0.0581. The largest absolute Gasteiger partial charge is 0.488 e. The summed E-state index contributed by atoms with van der Waals surface area (Å²) in [6, 6.07) is 5.66. The van der Waals surface area contributed by atoms with Gasteiger partial charge in [0, 0.05) is 24.6 Å². The number of hydrogen-bond acceptors (Lipinski definition) is 4. The number of rotatable bonds is 8. The third-order valence-corrected chi connectivity index (χ3v) is 3.93. The average molecular weight is 334 g/mol. The number of carbonyl (C=O) groups is 1. The van der Waals surface area contributed by atoms with Gasteiger partial charge < -0.3 is 14.8 Å². The van der Waals surface area contributed by atoms with E-state index in [4.69, 9.17) is 9.47 Å². The predicted octanol–water partition coefficient (Wildman–Crippen LogP) is 3.61. The molecular weight excluding hydrogens is 304 g/mol. The van der Waals surface area contributed by atoms with E-state index < -0.39 is 6.09 Å². The number of hydrogen-bond donors (Lipinski definition) is 1. The van der Waals surface area contributed by atoms with Gasteiger partial charge >= 0.3 is 6.09 Å². The van der Waals surface area contributed by atoms with E-state index >= 15 is 0 Å². The van der Waals surface area contributed by atoms with Crippen LogP contribution < -0.4 is 14.8 Å². The molecule has 1 aliphatic rings. The first-order valence-electron chi connectivity index (χ1n) is 9.02. The van der Waals surface area contributed by atoms with E-state index in [0.29, 0.717) is 5.75 Å². The first kappa shape index (κ1) is 18.6. The van der Waals surface area contributed by atoms with Crippen molar-refractivity contribution < 1.29 is 14.3 Å². The third kappa shape index (κ3) is 5.41. The number of ether oxygens (including phenoxy) is 2. The van der Waals surface area contributed by atoms with Gasteiger partial charge in [0.05, 0.1) is 0 Å². The molecule has 1 atom stereocenters. The quantitative estimate of drug-likeness (QED) is 0.789. The zero-order valence-electron chi connectivity index (χ0n) is 15.3. The Kier molecular flexibility index (Phi) is 6.91. The van der Waals surface area contributed by atoms with Crippen LogP contribution in [0.4, 0.5) is 4.79 Å². The minimum atomic E-state index is -0.419. The number of carbonyl (C=O) groups excluding carboxylic acids is 1. The molecule has 1 aliphatic heterocycles. The fraction of sp³-hybridized carbons (Fsp3) is 0.632. The van der Waals surface area contributed by atoms with E-state index in [-0.39, 0.29) is 12.1 Å². The fourth-order valence-corrected chi connectivity index (χ4v) is 3.05. The molecule has 134 valence electrons. The van der Waals surface area contributed by atoms with E-state index in [1.54, 1.807) is 6.07 Å². The van der Waals surface area contributed by atoms with E-state index in [1.807, 2.05) is 26.0 Å². The van der Waals surface area contributed by atoms with Gasteiger partial charge in [0.1, 0.15) is 17.6 Å². The summed E-state index contributed by atoms with van der Waals surface area (Å²) in [7, 11) is 0. The number of fused-ring (bicyclic) bond motifs is 1. The summed E-state index contributed by atoms with van der Waals surface area (Å²) < 4.78 is 11.4. The maximum atomic E-state index is 11.7. The van der Waals surface area contributed by atoms with Crippen molar-refractivity contribution in [2.75, 3.05) is 19.6 Å². The Morgan fingerprint density at radius 1 is 1.33 bits per heavy atom. The molecule has 0 aromatic heterocycles.